The molecular formula is C24H22N2O4. The minimum atomic E-state index is -1.04. The number of ether oxygens (including phenoxy) is 1. The Balaban J connectivity index is 1.59. The van der Waals surface area contributed by atoms with E-state index in [2.05, 4.69) is 10.2 Å². The van der Waals surface area contributed by atoms with Crippen molar-refractivity contribution in [3.63, 3.8) is 0 Å². The third kappa shape index (κ3) is 4.34. The Morgan fingerprint density at radius 3 is 2.20 bits per heavy atom. The standard InChI is InChI=1S/C24H22N2O4/c27-23(18-6-9-20(10-7-18)26-12-14-30-15-13-26)25-22-16-19(24(28)29)8-11-21(22)17-4-2-1-3-5-17/h1-11,16H,12-15H2,(H,25,27)(H,28,29). The molecule has 0 bridgehead atoms. The number of carbonyl (C=O) groups excluding carboxylic acids is 1. The average Bonchev–Trinajstić information content (AvgIpc) is 2.80. The number of hydrogen-bond donors (Lipinski definition) is 2. The van der Waals surface area contributed by atoms with Crippen molar-refractivity contribution in [2.24, 2.45) is 0 Å². The van der Waals surface area contributed by atoms with Crippen molar-refractivity contribution in [3.8, 4) is 11.1 Å². The van der Waals surface area contributed by atoms with E-state index in [0.717, 1.165) is 29.9 Å². The smallest absolute Gasteiger partial charge is 0.335 e. The van der Waals surface area contributed by atoms with E-state index in [1.807, 2.05) is 42.5 Å². The van der Waals surface area contributed by atoms with E-state index in [9.17, 15) is 14.7 Å². The number of nitrogens with one attached hydrogen (secondary N) is 1. The van der Waals surface area contributed by atoms with Crippen molar-refractivity contribution < 1.29 is 19.4 Å². The highest BCUT2D eigenvalue weighted by molar-refractivity contribution is 6.07. The summed E-state index contributed by atoms with van der Waals surface area (Å²) in [5.41, 5.74) is 3.79. The fraction of sp³-hybridized carbons (Fsp3) is 0.167. The molecule has 1 aliphatic rings. The number of carbonyl (C=O) groups is 2. The fourth-order valence-electron chi connectivity index (χ4n) is 3.49. The van der Waals surface area contributed by atoms with Crippen LogP contribution in [0.15, 0.2) is 72.8 Å². The molecule has 30 heavy (non-hydrogen) atoms. The van der Waals surface area contributed by atoms with E-state index in [-0.39, 0.29) is 11.5 Å². The van der Waals surface area contributed by atoms with Gasteiger partial charge in [-0.25, -0.2) is 4.79 Å². The molecule has 1 saturated heterocycles. The van der Waals surface area contributed by atoms with Crippen LogP contribution in [0.3, 0.4) is 0 Å². The summed E-state index contributed by atoms with van der Waals surface area (Å²) in [6.07, 6.45) is 0. The third-order valence-corrected chi connectivity index (χ3v) is 5.11. The molecule has 0 saturated carbocycles. The lowest BCUT2D eigenvalue weighted by Crippen LogP contribution is -2.36. The molecule has 152 valence electrons. The fourth-order valence-corrected chi connectivity index (χ4v) is 3.49. The average molecular weight is 402 g/mol. The second kappa shape index (κ2) is 8.80. The molecule has 1 amide bonds. The molecule has 1 heterocycles. The summed E-state index contributed by atoms with van der Waals surface area (Å²) in [6.45, 7) is 3.05. The third-order valence-electron chi connectivity index (χ3n) is 5.11. The van der Waals surface area contributed by atoms with Gasteiger partial charge in [0.1, 0.15) is 0 Å². The quantitative estimate of drug-likeness (QED) is 0.671. The van der Waals surface area contributed by atoms with Crippen LogP contribution in [-0.2, 0) is 4.74 Å². The Hall–Kier alpha value is -3.64. The van der Waals surface area contributed by atoms with Gasteiger partial charge in [0, 0.05) is 35.6 Å². The van der Waals surface area contributed by atoms with E-state index in [4.69, 9.17) is 4.74 Å². The van der Waals surface area contributed by atoms with Gasteiger partial charge in [0.25, 0.3) is 5.91 Å². The number of carboxylic acid groups (broad SMARTS) is 1. The maximum absolute atomic E-state index is 12.9. The molecule has 0 spiro atoms. The number of nitrogens with zero attached hydrogens (tertiary/aromatic N) is 1. The summed E-state index contributed by atoms with van der Waals surface area (Å²) in [4.78, 5) is 26.5. The van der Waals surface area contributed by atoms with E-state index in [0.29, 0.717) is 24.5 Å². The molecule has 0 aliphatic carbocycles. The van der Waals surface area contributed by atoms with Gasteiger partial charge in [-0.2, -0.15) is 0 Å². The molecule has 0 aromatic heterocycles. The molecule has 1 fully saturated rings. The van der Waals surface area contributed by atoms with Crippen molar-refractivity contribution in [1.82, 2.24) is 0 Å². The molecule has 3 aromatic carbocycles. The molecule has 2 N–H and O–H groups in total. The Labute approximate surface area is 174 Å². The largest absolute Gasteiger partial charge is 0.478 e. The highest BCUT2D eigenvalue weighted by Gasteiger charge is 2.15. The van der Waals surface area contributed by atoms with Crippen molar-refractivity contribution in [2.75, 3.05) is 36.5 Å². The van der Waals surface area contributed by atoms with E-state index < -0.39 is 5.97 Å². The molecule has 4 rings (SSSR count). The summed E-state index contributed by atoms with van der Waals surface area (Å²) in [6, 6.07) is 21.7. The molecule has 6 nitrogen and oxygen atoms in total. The number of carboxylic acids is 1. The first-order valence-electron chi connectivity index (χ1n) is 9.79. The van der Waals surface area contributed by atoms with E-state index in [1.54, 1.807) is 18.2 Å². The van der Waals surface area contributed by atoms with Gasteiger partial charge in [0.15, 0.2) is 0 Å². The highest BCUT2D eigenvalue weighted by Crippen LogP contribution is 2.29. The lowest BCUT2D eigenvalue weighted by Gasteiger charge is -2.28. The Morgan fingerprint density at radius 1 is 0.867 bits per heavy atom. The maximum Gasteiger partial charge on any atom is 0.335 e. The zero-order chi connectivity index (χ0) is 20.9. The van der Waals surface area contributed by atoms with Crippen LogP contribution in [0.25, 0.3) is 11.1 Å². The van der Waals surface area contributed by atoms with E-state index >= 15 is 0 Å². The van der Waals surface area contributed by atoms with Crippen molar-refractivity contribution in [1.29, 1.82) is 0 Å². The molecule has 0 atom stereocenters. The lowest BCUT2D eigenvalue weighted by atomic mass is 10.0. The Kier molecular flexibility index (Phi) is 5.77. The molecule has 0 radical (unpaired) electrons. The highest BCUT2D eigenvalue weighted by atomic mass is 16.5. The predicted molar refractivity (Wildman–Crippen MR) is 116 cm³/mol. The number of aromatic carboxylic acids is 1. The second-order valence-corrected chi connectivity index (χ2v) is 7.03. The Bertz CT molecular complexity index is 1040. The molecular weight excluding hydrogens is 380 g/mol. The molecule has 6 heteroatoms. The molecule has 1 aliphatic heterocycles. The van der Waals surface area contributed by atoms with Crippen molar-refractivity contribution in [2.45, 2.75) is 0 Å². The van der Waals surface area contributed by atoms with Crippen LogP contribution in [0, 0.1) is 0 Å². The van der Waals surface area contributed by atoms with Crippen molar-refractivity contribution in [3.05, 3.63) is 83.9 Å². The van der Waals surface area contributed by atoms with Gasteiger partial charge in [0.2, 0.25) is 0 Å². The topological polar surface area (TPSA) is 78.9 Å². The minimum Gasteiger partial charge on any atom is -0.478 e. The number of benzene rings is 3. The predicted octanol–water partition coefficient (Wildman–Crippen LogP) is 4.14. The van der Waals surface area contributed by atoms with Crippen LogP contribution < -0.4 is 10.2 Å². The summed E-state index contributed by atoms with van der Waals surface area (Å²) < 4.78 is 5.38. The summed E-state index contributed by atoms with van der Waals surface area (Å²) >= 11 is 0. The molecule has 3 aromatic rings. The SMILES string of the molecule is O=C(O)c1ccc(-c2ccccc2)c(NC(=O)c2ccc(N3CCOCC3)cc2)c1. The van der Waals surface area contributed by atoms with Crippen LogP contribution >= 0.6 is 0 Å². The first-order valence-corrected chi connectivity index (χ1v) is 9.79. The summed E-state index contributed by atoms with van der Waals surface area (Å²) in [5.74, 6) is -1.33. The first kappa shape index (κ1) is 19.7. The number of rotatable bonds is 5. The summed E-state index contributed by atoms with van der Waals surface area (Å²) in [7, 11) is 0. The van der Waals surface area contributed by atoms with Gasteiger partial charge in [-0.3, -0.25) is 4.79 Å². The normalized spacial score (nSPS) is 13.7. The van der Waals surface area contributed by atoms with Crippen LogP contribution in [0.5, 0.6) is 0 Å². The number of anilines is 2. The molecule has 0 unspecified atom stereocenters. The minimum absolute atomic E-state index is 0.118. The van der Waals surface area contributed by atoms with Crippen LogP contribution in [0.4, 0.5) is 11.4 Å². The zero-order valence-electron chi connectivity index (χ0n) is 16.4. The van der Waals surface area contributed by atoms with E-state index in [1.165, 1.54) is 12.1 Å². The lowest BCUT2D eigenvalue weighted by molar-refractivity contribution is 0.0696. The van der Waals surface area contributed by atoms with Gasteiger partial charge in [-0.15, -0.1) is 0 Å². The van der Waals surface area contributed by atoms with Crippen LogP contribution in [-0.4, -0.2) is 43.3 Å². The van der Waals surface area contributed by atoms with Gasteiger partial charge < -0.3 is 20.1 Å². The number of morpholine rings is 1. The van der Waals surface area contributed by atoms with Gasteiger partial charge in [-0.1, -0.05) is 36.4 Å². The monoisotopic (exact) mass is 402 g/mol. The van der Waals surface area contributed by atoms with Crippen molar-refractivity contribution >= 4 is 23.3 Å². The van der Waals surface area contributed by atoms with Crippen LogP contribution in [0.1, 0.15) is 20.7 Å². The summed E-state index contributed by atoms with van der Waals surface area (Å²) in [5, 5.41) is 12.2. The van der Waals surface area contributed by atoms with Gasteiger partial charge in [-0.05, 0) is 42.0 Å². The van der Waals surface area contributed by atoms with Gasteiger partial charge >= 0.3 is 5.97 Å². The zero-order valence-corrected chi connectivity index (χ0v) is 16.4. The second-order valence-electron chi connectivity index (χ2n) is 7.03. The Morgan fingerprint density at radius 2 is 1.53 bits per heavy atom. The maximum atomic E-state index is 12.9. The first-order chi connectivity index (χ1) is 14.6. The van der Waals surface area contributed by atoms with Gasteiger partial charge in [0.05, 0.1) is 18.8 Å². The number of amides is 1. The van der Waals surface area contributed by atoms with Crippen LogP contribution in [0.2, 0.25) is 0 Å². The number of hydrogen-bond acceptors (Lipinski definition) is 4.